The van der Waals surface area contributed by atoms with Crippen LogP contribution in [0.3, 0.4) is 0 Å². The van der Waals surface area contributed by atoms with Crippen molar-refractivity contribution in [2.24, 2.45) is 0 Å². The molecule has 2 aliphatic rings. The van der Waals surface area contributed by atoms with Gasteiger partial charge in [0, 0.05) is 39.3 Å². The Morgan fingerprint density at radius 1 is 1.10 bits per heavy atom. The molecule has 18 heteroatoms. The smallest absolute Gasteiger partial charge is 0.352 e. The van der Waals surface area contributed by atoms with E-state index < -0.39 is 53.1 Å². The van der Waals surface area contributed by atoms with Crippen LogP contribution in [0.2, 0.25) is 0 Å². The maximum absolute atomic E-state index is 14.1. The molecular formula is C30H29F6N9O3. The number of benzene rings is 1. The lowest BCUT2D eigenvalue weighted by molar-refractivity contribution is -0.188. The molecule has 48 heavy (non-hydrogen) atoms. The Labute approximate surface area is 269 Å². The number of halogens is 6. The van der Waals surface area contributed by atoms with Crippen LogP contribution in [0.15, 0.2) is 41.8 Å². The molecular weight excluding hydrogens is 648 g/mol. The van der Waals surface area contributed by atoms with Gasteiger partial charge in [-0.2, -0.15) is 46.4 Å². The van der Waals surface area contributed by atoms with Crippen LogP contribution in [-0.4, -0.2) is 98.9 Å². The normalized spacial score (nSPS) is 17.2. The van der Waals surface area contributed by atoms with Crippen molar-refractivity contribution in [3.8, 4) is 11.8 Å². The molecule has 2 aromatic heterocycles. The number of rotatable bonds is 7. The number of hydrogen-bond acceptors (Lipinski definition) is 9. The highest BCUT2D eigenvalue weighted by Gasteiger charge is 2.47. The molecule has 254 valence electrons. The van der Waals surface area contributed by atoms with Gasteiger partial charge in [-0.15, -0.1) is 0 Å². The Morgan fingerprint density at radius 2 is 1.81 bits per heavy atom. The second-order valence-electron chi connectivity index (χ2n) is 11.3. The van der Waals surface area contributed by atoms with Gasteiger partial charge in [0.2, 0.25) is 11.9 Å². The molecule has 1 aromatic carbocycles. The van der Waals surface area contributed by atoms with Gasteiger partial charge in [0.15, 0.2) is 0 Å². The molecule has 2 amide bonds. The van der Waals surface area contributed by atoms with Crippen LogP contribution in [0.1, 0.15) is 24.5 Å². The van der Waals surface area contributed by atoms with Gasteiger partial charge in [0.1, 0.15) is 11.3 Å². The number of nitriles is 1. The number of likely N-dealkylation sites (N-methyl/N-ethyl adjacent to an activating group) is 1. The highest BCUT2D eigenvalue weighted by Crippen LogP contribution is 2.36. The third-order valence-corrected chi connectivity index (χ3v) is 8.37. The lowest BCUT2D eigenvalue weighted by Crippen LogP contribution is -2.63. The molecule has 0 aliphatic carbocycles. The van der Waals surface area contributed by atoms with Gasteiger partial charge in [0.05, 0.1) is 47.4 Å². The molecule has 0 N–H and O–H groups in total. The number of carbonyl (C=O) groups excluding carboxylic acids is 2. The number of aromatic nitrogens is 4. The minimum Gasteiger partial charge on any atom is -0.352 e. The lowest BCUT2D eigenvalue weighted by atomic mass is 10.1. The number of carbonyl (C=O) groups is 2. The summed E-state index contributed by atoms with van der Waals surface area (Å²) in [5.41, 5.74) is -3.08. The van der Waals surface area contributed by atoms with Gasteiger partial charge in [-0.05, 0) is 31.6 Å². The van der Waals surface area contributed by atoms with Crippen molar-refractivity contribution in [3.63, 3.8) is 0 Å². The zero-order valence-electron chi connectivity index (χ0n) is 25.7. The predicted molar refractivity (Wildman–Crippen MR) is 160 cm³/mol. The molecule has 4 heterocycles. The van der Waals surface area contributed by atoms with Gasteiger partial charge in [-0.25, -0.2) is 4.98 Å². The zero-order valence-corrected chi connectivity index (χ0v) is 25.7. The summed E-state index contributed by atoms with van der Waals surface area (Å²) in [5.74, 6) is -2.38. The molecule has 3 aromatic rings. The summed E-state index contributed by atoms with van der Waals surface area (Å²) >= 11 is 0. The molecule has 2 fully saturated rings. The number of alkyl halides is 6. The maximum atomic E-state index is 14.1. The minimum absolute atomic E-state index is 0.0571. The van der Waals surface area contributed by atoms with Crippen molar-refractivity contribution in [1.29, 1.82) is 5.26 Å². The number of anilines is 2. The van der Waals surface area contributed by atoms with Crippen LogP contribution in [0, 0.1) is 18.3 Å². The molecule has 0 saturated carbocycles. The van der Waals surface area contributed by atoms with Crippen LogP contribution in [0.5, 0.6) is 0 Å². The van der Waals surface area contributed by atoms with Crippen molar-refractivity contribution < 1.29 is 35.9 Å². The van der Waals surface area contributed by atoms with Crippen LogP contribution in [0.4, 0.5) is 38.1 Å². The maximum Gasteiger partial charge on any atom is 0.471 e. The molecule has 5 rings (SSSR count). The Balaban J connectivity index is 1.62. The first-order valence-electron chi connectivity index (χ1n) is 14.8. The highest BCUT2D eigenvalue weighted by atomic mass is 19.4. The average molecular weight is 678 g/mol. The molecule has 2 aliphatic heterocycles. The van der Waals surface area contributed by atoms with Crippen molar-refractivity contribution in [2.45, 2.75) is 44.7 Å². The summed E-state index contributed by atoms with van der Waals surface area (Å²) in [6, 6.07) is 4.25. The van der Waals surface area contributed by atoms with E-state index in [1.165, 1.54) is 35.8 Å². The van der Waals surface area contributed by atoms with Crippen molar-refractivity contribution in [1.82, 2.24) is 29.5 Å². The van der Waals surface area contributed by atoms with E-state index in [4.69, 9.17) is 0 Å². The molecule has 0 bridgehead atoms. The van der Waals surface area contributed by atoms with E-state index >= 15 is 0 Å². The molecule has 1 atom stereocenters. The minimum atomic E-state index is -5.08. The summed E-state index contributed by atoms with van der Waals surface area (Å²) in [6.07, 6.45) is -7.70. The number of aryl methyl sites for hydroxylation is 1. The van der Waals surface area contributed by atoms with Gasteiger partial charge < -0.3 is 19.6 Å². The fourth-order valence-electron chi connectivity index (χ4n) is 6.03. The Kier molecular flexibility index (Phi) is 9.08. The largest absolute Gasteiger partial charge is 0.471 e. The first kappa shape index (κ1) is 34.1. The number of piperazine rings is 1. The van der Waals surface area contributed by atoms with E-state index in [9.17, 15) is 46.0 Å². The van der Waals surface area contributed by atoms with Crippen LogP contribution >= 0.6 is 0 Å². The number of hydrogen-bond donors (Lipinski definition) is 0. The SMILES string of the molecule is C=CC(=O)N1CCN(c2nc(N3CC(N(CC)C(=O)C(F)(F)F)C3)nc3c(=O)n(-c4cccc(C)c4C(F)(F)F)ncc23)CC1CC#N. The Hall–Kier alpha value is -5.21. The molecule has 12 nitrogen and oxygen atoms in total. The van der Waals surface area contributed by atoms with Crippen molar-refractivity contribution >= 4 is 34.5 Å². The number of nitrogens with zero attached hydrogens (tertiary/aromatic N) is 9. The quantitative estimate of drug-likeness (QED) is 0.273. The fourth-order valence-corrected chi connectivity index (χ4v) is 6.03. The van der Waals surface area contributed by atoms with E-state index in [0.29, 0.717) is 9.58 Å². The Morgan fingerprint density at radius 3 is 2.42 bits per heavy atom. The monoisotopic (exact) mass is 677 g/mol. The van der Waals surface area contributed by atoms with E-state index in [-0.39, 0.29) is 73.9 Å². The summed E-state index contributed by atoms with van der Waals surface area (Å²) in [5, 5.41) is 13.6. The van der Waals surface area contributed by atoms with Gasteiger partial charge in [-0.1, -0.05) is 18.7 Å². The van der Waals surface area contributed by atoms with E-state index in [1.54, 1.807) is 4.90 Å². The van der Waals surface area contributed by atoms with E-state index in [0.717, 1.165) is 18.3 Å². The van der Waals surface area contributed by atoms with E-state index in [1.807, 2.05) is 6.07 Å². The molecule has 1 unspecified atom stereocenters. The first-order chi connectivity index (χ1) is 22.6. The number of amides is 2. The highest BCUT2D eigenvalue weighted by molar-refractivity contribution is 5.91. The molecule has 0 radical (unpaired) electrons. The average Bonchev–Trinajstić information content (AvgIpc) is 3.00. The van der Waals surface area contributed by atoms with Gasteiger partial charge >= 0.3 is 18.3 Å². The third kappa shape index (κ3) is 6.23. The second kappa shape index (κ2) is 12.8. The standard InChI is InChI=1S/C30H29F6N9O3/c1-4-22(46)44-12-11-41(14-18(44)9-10-37)25-20-13-38-45(21-8-6-7-17(3)23(21)29(31,32)33)26(47)24(20)39-28(40-25)42-15-19(16-42)43(5-2)27(48)30(34,35)36/h4,6-8,13,18-19H,1,5,9,11-12,14-16H2,2-3H3. The third-order valence-electron chi connectivity index (χ3n) is 8.37. The Bertz CT molecular complexity index is 1860. The van der Waals surface area contributed by atoms with Crippen LogP contribution in [0.25, 0.3) is 16.6 Å². The van der Waals surface area contributed by atoms with Crippen molar-refractivity contribution in [2.75, 3.05) is 49.1 Å². The van der Waals surface area contributed by atoms with Crippen LogP contribution in [-0.2, 0) is 15.8 Å². The van der Waals surface area contributed by atoms with Crippen LogP contribution < -0.4 is 15.4 Å². The predicted octanol–water partition coefficient (Wildman–Crippen LogP) is 3.22. The van der Waals surface area contributed by atoms with Gasteiger partial charge in [-0.3, -0.25) is 14.4 Å². The molecule has 0 spiro atoms. The second-order valence-corrected chi connectivity index (χ2v) is 11.3. The first-order valence-corrected chi connectivity index (χ1v) is 14.8. The van der Waals surface area contributed by atoms with Gasteiger partial charge in [0.25, 0.3) is 5.56 Å². The summed E-state index contributed by atoms with van der Waals surface area (Å²) < 4.78 is 82.5. The summed E-state index contributed by atoms with van der Waals surface area (Å²) in [4.78, 5) is 52.6. The lowest BCUT2D eigenvalue weighted by Gasteiger charge is -2.45. The van der Waals surface area contributed by atoms with Crippen molar-refractivity contribution in [3.05, 3.63) is 58.5 Å². The zero-order chi connectivity index (χ0) is 35.1. The molecule has 2 saturated heterocycles. The fraction of sp³-hybridized carbons (Fsp3) is 0.433. The van der Waals surface area contributed by atoms with E-state index in [2.05, 4.69) is 21.6 Å². The number of fused-ring (bicyclic) bond motifs is 1. The topological polar surface area (TPSA) is 132 Å². The summed E-state index contributed by atoms with van der Waals surface area (Å²) in [6.45, 7) is 6.07. The summed E-state index contributed by atoms with van der Waals surface area (Å²) in [7, 11) is 0.